The fraction of sp³-hybridized carbons (Fsp3) is 0.636. The van der Waals surface area contributed by atoms with Crippen LogP contribution < -0.4 is 11.2 Å². The Labute approximate surface area is 88.6 Å². The lowest BCUT2D eigenvalue weighted by Crippen LogP contribution is -2.30. The van der Waals surface area contributed by atoms with Gasteiger partial charge in [-0.2, -0.15) is 5.10 Å². The number of allylic oxidation sites excluding steroid dienone is 2. The highest BCUT2D eigenvalue weighted by molar-refractivity contribution is 5.91. The standard InChI is InChI=1S/C11H15N3O/c12-11(15)14-13-10-5-6-4-9(10)8-3-1-2-7(6)8/h1,3,6-9H,2,4-5H2,(H3,12,14,15)/b13-10-. The molecular weight excluding hydrogens is 190 g/mol. The minimum absolute atomic E-state index is 0.561. The number of carbonyl (C=O) groups excluding carboxylic acids is 1. The van der Waals surface area contributed by atoms with Crippen LogP contribution in [0.15, 0.2) is 17.3 Å². The zero-order valence-electron chi connectivity index (χ0n) is 8.52. The first kappa shape index (κ1) is 8.95. The molecule has 4 unspecified atom stereocenters. The lowest BCUT2D eigenvalue weighted by Gasteiger charge is -2.25. The van der Waals surface area contributed by atoms with E-state index in [2.05, 4.69) is 22.7 Å². The summed E-state index contributed by atoms with van der Waals surface area (Å²) in [6.07, 6.45) is 8.16. The van der Waals surface area contributed by atoms with Crippen LogP contribution in [0, 0.1) is 23.7 Å². The Kier molecular flexibility index (Phi) is 1.84. The molecule has 2 fully saturated rings. The van der Waals surface area contributed by atoms with E-state index in [1.807, 2.05) is 0 Å². The summed E-state index contributed by atoms with van der Waals surface area (Å²) in [6.45, 7) is 0. The number of hydrazone groups is 1. The van der Waals surface area contributed by atoms with Crippen molar-refractivity contribution >= 4 is 11.7 Å². The van der Waals surface area contributed by atoms with Gasteiger partial charge in [-0.1, -0.05) is 12.2 Å². The Morgan fingerprint density at radius 2 is 2.47 bits per heavy atom. The number of hydrogen-bond acceptors (Lipinski definition) is 2. The molecule has 0 saturated heterocycles. The maximum Gasteiger partial charge on any atom is 0.332 e. The van der Waals surface area contributed by atoms with Gasteiger partial charge in [0.15, 0.2) is 0 Å². The van der Waals surface area contributed by atoms with Crippen LogP contribution in [0.1, 0.15) is 19.3 Å². The zero-order valence-corrected chi connectivity index (χ0v) is 8.52. The minimum Gasteiger partial charge on any atom is -0.350 e. The van der Waals surface area contributed by atoms with Gasteiger partial charge >= 0.3 is 6.03 Å². The van der Waals surface area contributed by atoms with E-state index >= 15 is 0 Å². The summed E-state index contributed by atoms with van der Waals surface area (Å²) in [4.78, 5) is 10.6. The van der Waals surface area contributed by atoms with Gasteiger partial charge in [-0.15, -0.1) is 0 Å². The lowest BCUT2D eigenvalue weighted by molar-refractivity contribution is 0.249. The van der Waals surface area contributed by atoms with Crippen LogP contribution in [0.3, 0.4) is 0 Å². The topological polar surface area (TPSA) is 67.5 Å². The van der Waals surface area contributed by atoms with Crippen molar-refractivity contribution in [3.63, 3.8) is 0 Å². The van der Waals surface area contributed by atoms with Crippen molar-refractivity contribution < 1.29 is 4.79 Å². The fourth-order valence-corrected chi connectivity index (χ4v) is 3.56. The summed E-state index contributed by atoms with van der Waals surface area (Å²) in [7, 11) is 0. The van der Waals surface area contributed by atoms with Crippen LogP contribution in [0.5, 0.6) is 0 Å². The predicted octanol–water partition coefficient (Wildman–Crippen LogP) is 1.24. The molecule has 0 spiro atoms. The Morgan fingerprint density at radius 1 is 1.60 bits per heavy atom. The zero-order chi connectivity index (χ0) is 10.4. The molecular formula is C11H15N3O. The van der Waals surface area contributed by atoms with E-state index in [1.54, 1.807) is 0 Å². The lowest BCUT2D eigenvalue weighted by atomic mass is 9.80. The average Bonchev–Trinajstić information content (AvgIpc) is 2.86. The van der Waals surface area contributed by atoms with Gasteiger partial charge in [0.2, 0.25) is 0 Å². The quantitative estimate of drug-likeness (QED) is 0.491. The third-order valence-corrected chi connectivity index (χ3v) is 4.10. The third-order valence-electron chi connectivity index (χ3n) is 4.10. The van der Waals surface area contributed by atoms with E-state index in [9.17, 15) is 4.79 Å². The van der Waals surface area contributed by atoms with E-state index in [4.69, 9.17) is 5.73 Å². The number of urea groups is 1. The number of fused-ring (bicyclic) bond motifs is 5. The number of nitrogens with two attached hydrogens (primary N) is 1. The maximum atomic E-state index is 10.6. The summed E-state index contributed by atoms with van der Waals surface area (Å²) in [6, 6.07) is -0.566. The Morgan fingerprint density at radius 3 is 3.27 bits per heavy atom. The summed E-state index contributed by atoms with van der Waals surface area (Å²) >= 11 is 0. The molecule has 0 aliphatic heterocycles. The van der Waals surface area contributed by atoms with E-state index in [0.717, 1.165) is 24.0 Å². The summed E-state index contributed by atoms with van der Waals surface area (Å²) in [5.74, 6) is 2.87. The highest BCUT2D eigenvalue weighted by atomic mass is 16.2. The maximum absolute atomic E-state index is 10.6. The van der Waals surface area contributed by atoms with Crippen LogP contribution in [0.2, 0.25) is 0 Å². The molecule has 2 saturated carbocycles. The van der Waals surface area contributed by atoms with Crippen molar-refractivity contribution in [1.82, 2.24) is 5.43 Å². The second-order valence-electron chi connectivity index (χ2n) is 4.79. The fourth-order valence-electron chi connectivity index (χ4n) is 3.56. The number of amides is 2. The van der Waals surface area contributed by atoms with Gasteiger partial charge in [0.25, 0.3) is 0 Å². The number of nitrogens with one attached hydrogen (secondary N) is 1. The highest BCUT2D eigenvalue weighted by Crippen LogP contribution is 2.55. The summed E-state index contributed by atoms with van der Waals surface area (Å²) in [5, 5.41) is 4.12. The van der Waals surface area contributed by atoms with Crippen LogP contribution >= 0.6 is 0 Å². The highest BCUT2D eigenvalue weighted by Gasteiger charge is 2.50. The third kappa shape index (κ3) is 1.28. The van der Waals surface area contributed by atoms with E-state index in [1.165, 1.54) is 12.8 Å². The first-order valence-corrected chi connectivity index (χ1v) is 5.54. The van der Waals surface area contributed by atoms with Gasteiger partial charge in [-0.3, -0.25) is 0 Å². The van der Waals surface area contributed by atoms with E-state index < -0.39 is 6.03 Å². The van der Waals surface area contributed by atoms with Crippen molar-refractivity contribution in [2.24, 2.45) is 34.5 Å². The summed E-state index contributed by atoms with van der Waals surface area (Å²) < 4.78 is 0. The van der Waals surface area contributed by atoms with Gasteiger partial charge in [0, 0.05) is 11.6 Å². The molecule has 3 N–H and O–H groups in total. The van der Waals surface area contributed by atoms with Crippen LogP contribution in [0.4, 0.5) is 4.79 Å². The Hall–Kier alpha value is -1.32. The second-order valence-corrected chi connectivity index (χ2v) is 4.79. The van der Waals surface area contributed by atoms with Crippen molar-refractivity contribution in [2.75, 3.05) is 0 Å². The summed E-state index contributed by atoms with van der Waals surface area (Å²) in [5.41, 5.74) is 8.50. The largest absolute Gasteiger partial charge is 0.350 e. The van der Waals surface area contributed by atoms with Gasteiger partial charge in [-0.25, -0.2) is 10.2 Å². The molecule has 4 nitrogen and oxygen atoms in total. The Bertz CT molecular complexity index is 361. The molecule has 0 aromatic rings. The molecule has 0 aromatic heterocycles. The predicted molar refractivity (Wildman–Crippen MR) is 57.1 cm³/mol. The molecule has 3 rings (SSSR count). The average molecular weight is 205 g/mol. The molecule has 0 heterocycles. The van der Waals surface area contributed by atoms with Crippen molar-refractivity contribution in [1.29, 1.82) is 0 Å². The van der Waals surface area contributed by atoms with Crippen LogP contribution in [-0.4, -0.2) is 11.7 Å². The molecule has 3 aliphatic rings. The molecule has 15 heavy (non-hydrogen) atoms. The second kappa shape index (κ2) is 3.08. The first-order valence-electron chi connectivity index (χ1n) is 5.54. The van der Waals surface area contributed by atoms with Crippen LogP contribution in [-0.2, 0) is 0 Å². The molecule has 4 heteroatoms. The van der Waals surface area contributed by atoms with Gasteiger partial charge in [0.05, 0.1) is 0 Å². The molecule has 2 bridgehead atoms. The number of carbonyl (C=O) groups is 1. The molecule has 4 atom stereocenters. The van der Waals surface area contributed by atoms with Crippen molar-refractivity contribution in [3.8, 4) is 0 Å². The molecule has 80 valence electrons. The monoisotopic (exact) mass is 205 g/mol. The normalized spacial score (nSPS) is 43.6. The number of nitrogens with zero attached hydrogens (tertiary/aromatic N) is 1. The van der Waals surface area contributed by atoms with Gasteiger partial charge in [-0.05, 0) is 37.0 Å². The van der Waals surface area contributed by atoms with E-state index in [-0.39, 0.29) is 0 Å². The number of primary amides is 1. The van der Waals surface area contributed by atoms with Crippen LogP contribution in [0.25, 0.3) is 0 Å². The van der Waals surface area contributed by atoms with Crippen molar-refractivity contribution in [2.45, 2.75) is 19.3 Å². The molecule has 3 aliphatic carbocycles. The SMILES string of the molecule is NC(=O)N/N=C1/CC2CC1C1C=CCC21. The first-order chi connectivity index (χ1) is 7.25. The smallest absolute Gasteiger partial charge is 0.332 e. The molecule has 0 radical (unpaired) electrons. The van der Waals surface area contributed by atoms with E-state index in [0.29, 0.717) is 11.8 Å². The Balaban J connectivity index is 1.78. The van der Waals surface area contributed by atoms with Gasteiger partial charge in [0.1, 0.15) is 0 Å². The minimum atomic E-state index is -0.566. The number of hydrogen-bond donors (Lipinski definition) is 2. The van der Waals surface area contributed by atoms with Crippen molar-refractivity contribution in [3.05, 3.63) is 12.2 Å². The van der Waals surface area contributed by atoms with Gasteiger partial charge < -0.3 is 5.73 Å². The number of rotatable bonds is 1. The molecule has 0 aromatic carbocycles. The molecule has 2 amide bonds.